The van der Waals surface area contributed by atoms with E-state index >= 15 is 0 Å². The van der Waals surface area contributed by atoms with E-state index < -0.39 is 0 Å². The number of hydrogen-bond acceptors (Lipinski definition) is 2. The third-order valence-electron chi connectivity index (χ3n) is 1.41. The number of nitrogens with one attached hydrogen (secondary N) is 1. The van der Waals surface area contributed by atoms with Crippen LogP contribution in [0.3, 0.4) is 0 Å². The molecule has 10 heavy (non-hydrogen) atoms. The van der Waals surface area contributed by atoms with Gasteiger partial charge in [-0.3, -0.25) is 9.78 Å². The van der Waals surface area contributed by atoms with Gasteiger partial charge >= 0.3 is 0 Å². The lowest BCUT2D eigenvalue weighted by Crippen LogP contribution is -2.03. The van der Waals surface area contributed by atoms with Gasteiger partial charge in [0.1, 0.15) is 0 Å². The van der Waals surface area contributed by atoms with Gasteiger partial charge in [-0.15, -0.1) is 0 Å². The Morgan fingerprint density at radius 1 is 1.70 bits per heavy atom. The van der Waals surface area contributed by atoms with Crippen molar-refractivity contribution < 1.29 is 4.79 Å². The van der Waals surface area contributed by atoms with Crippen molar-refractivity contribution in [2.75, 3.05) is 5.32 Å². The fourth-order valence-electron chi connectivity index (χ4n) is 0.974. The first-order valence-electron chi connectivity index (χ1n) is 3.02. The van der Waals surface area contributed by atoms with Gasteiger partial charge in [-0.1, -0.05) is 0 Å². The molecule has 0 saturated carbocycles. The van der Waals surface area contributed by atoms with Gasteiger partial charge < -0.3 is 5.32 Å². The molecule has 3 nitrogen and oxygen atoms in total. The summed E-state index contributed by atoms with van der Waals surface area (Å²) in [6.07, 6.45) is 2.03. The molecule has 0 atom stereocenters. The molecule has 1 amide bonds. The number of nitrogens with zero attached hydrogens (tertiary/aromatic N) is 1. The van der Waals surface area contributed by atoms with E-state index in [4.69, 9.17) is 0 Å². The number of carbonyl (C=O) groups excluding carboxylic acids is 1. The molecule has 1 aromatic rings. The maximum Gasteiger partial charge on any atom is 0.230 e. The lowest BCUT2D eigenvalue weighted by atomic mass is 10.3. The molecule has 0 bridgehead atoms. The van der Waals surface area contributed by atoms with Gasteiger partial charge in [0.05, 0.1) is 17.8 Å². The average molecular weight is 133 g/mol. The molecule has 2 heterocycles. The lowest BCUT2D eigenvalue weighted by molar-refractivity contribution is -0.115. The van der Waals surface area contributed by atoms with Crippen LogP contribution in [-0.2, 0) is 11.2 Å². The average Bonchev–Trinajstić information content (AvgIpc) is 2.27. The third-order valence-corrected chi connectivity index (χ3v) is 1.41. The van der Waals surface area contributed by atoms with E-state index in [-0.39, 0.29) is 5.91 Å². The summed E-state index contributed by atoms with van der Waals surface area (Å²) in [5.74, 6) is 0.00458. The van der Waals surface area contributed by atoms with Crippen molar-refractivity contribution in [2.45, 2.75) is 6.42 Å². The van der Waals surface area contributed by atoms with Crippen LogP contribution in [-0.4, -0.2) is 10.9 Å². The molecule has 2 rings (SSSR count). The van der Waals surface area contributed by atoms with E-state index in [1.165, 1.54) is 0 Å². The standard InChI is InChI=1S/C7H5N2O/c10-7-4-6-5(9-7)2-1-3-8-6/h1,3H,4H2,(H,9,10). The number of pyridine rings is 1. The molecule has 0 saturated heterocycles. The van der Waals surface area contributed by atoms with Crippen LogP contribution < -0.4 is 5.32 Å². The minimum absolute atomic E-state index is 0.00458. The molecule has 1 aliphatic heterocycles. The number of rotatable bonds is 0. The maximum absolute atomic E-state index is 10.7. The van der Waals surface area contributed by atoms with Gasteiger partial charge in [0.25, 0.3) is 0 Å². The summed E-state index contributed by atoms with van der Waals surface area (Å²) in [6.45, 7) is 0. The minimum Gasteiger partial charge on any atom is -0.324 e. The first-order valence-corrected chi connectivity index (χ1v) is 3.02. The van der Waals surface area contributed by atoms with Crippen molar-refractivity contribution in [3.63, 3.8) is 0 Å². The van der Waals surface area contributed by atoms with Crippen molar-refractivity contribution in [1.29, 1.82) is 0 Å². The van der Waals surface area contributed by atoms with Crippen molar-refractivity contribution in [3.05, 3.63) is 24.0 Å². The first kappa shape index (κ1) is 5.41. The predicted molar refractivity (Wildman–Crippen MR) is 35.4 cm³/mol. The second-order valence-corrected chi connectivity index (χ2v) is 2.14. The molecular formula is C7H5N2O. The summed E-state index contributed by atoms with van der Waals surface area (Å²) in [5.41, 5.74) is 1.53. The Labute approximate surface area is 58.1 Å². The van der Waals surface area contributed by atoms with Crippen molar-refractivity contribution >= 4 is 11.6 Å². The van der Waals surface area contributed by atoms with Crippen LogP contribution in [0.25, 0.3) is 0 Å². The number of hydrogen-bond donors (Lipinski definition) is 1. The number of aromatic nitrogens is 1. The molecule has 0 fully saturated rings. The summed E-state index contributed by atoms with van der Waals surface area (Å²) in [6, 6.07) is 4.57. The normalized spacial score (nSPS) is 14.6. The van der Waals surface area contributed by atoms with E-state index in [1.807, 2.05) is 0 Å². The predicted octanol–water partition coefficient (Wildman–Crippen LogP) is 0.376. The molecule has 49 valence electrons. The van der Waals surface area contributed by atoms with Crippen LogP contribution in [0.2, 0.25) is 0 Å². The van der Waals surface area contributed by atoms with E-state index in [0.29, 0.717) is 6.42 Å². The Morgan fingerprint density at radius 2 is 2.60 bits per heavy atom. The zero-order chi connectivity index (χ0) is 6.97. The highest BCUT2D eigenvalue weighted by Crippen LogP contribution is 2.17. The van der Waals surface area contributed by atoms with Gasteiger partial charge in [-0.25, -0.2) is 0 Å². The Hall–Kier alpha value is -1.38. The molecule has 0 unspecified atom stereocenters. The molecular weight excluding hydrogens is 128 g/mol. The molecule has 0 aliphatic carbocycles. The summed E-state index contributed by atoms with van der Waals surface area (Å²) in [7, 11) is 0. The topological polar surface area (TPSA) is 42.0 Å². The van der Waals surface area contributed by atoms with Gasteiger partial charge in [-0.2, -0.15) is 0 Å². The highest BCUT2D eigenvalue weighted by Gasteiger charge is 2.17. The number of fused-ring (bicyclic) bond motifs is 1. The van der Waals surface area contributed by atoms with Crippen molar-refractivity contribution in [2.24, 2.45) is 0 Å². The quantitative estimate of drug-likeness (QED) is 0.555. The highest BCUT2D eigenvalue weighted by atomic mass is 16.1. The number of anilines is 1. The highest BCUT2D eigenvalue weighted by molar-refractivity contribution is 5.98. The smallest absolute Gasteiger partial charge is 0.230 e. The third kappa shape index (κ3) is 0.673. The summed E-state index contributed by atoms with van der Waals surface area (Å²) in [4.78, 5) is 14.7. The van der Waals surface area contributed by atoms with E-state index in [2.05, 4.69) is 16.4 Å². The molecule has 1 radical (unpaired) electrons. The first-order chi connectivity index (χ1) is 4.86. The van der Waals surface area contributed by atoms with E-state index in [1.54, 1.807) is 12.3 Å². The summed E-state index contributed by atoms with van der Waals surface area (Å²) >= 11 is 0. The molecule has 0 aromatic carbocycles. The molecule has 3 heteroatoms. The zero-order valence-corrected chi connectivity index (χ0v) is 5.22. The summed E-state index contributed by atoms with van der Waals surface area (Å²) in [5, 5.41) is 2.64. The fraction of sp³-hybridized carbons (Fsp3) is 0.143. The molecule has 1 N–H and O–H groups in total. The van der Waals surface area contributed by atoms with Crippen LogP contribution in [0.4, 0.5) is 5.69 Å². The van der Waals surface area contributed by atoms with Crippen LogP contribution in [0, 0.1) is 6.07 Å². The van der Waals surface area contributed by atoms with Crippen LogP contribution >= 0.6 is 0 Å². The molecule has 1 aliphatic rings. The second kappa shape index (κ2) is 1.80. The Kier molecular flexibility index (Phi) is 0.974. The lowest BCUT2D eigenvalue weighted by Gasteiger charge is -1.91. The summed E-state index contributed by atoms with van der Waals surface area (Å²) < 4.78 is 0. The van der Waals surface area contributed by atoms with Crippen LogP contribution in [0.5, 0.6) is 0 Å². The SMILES string of the molecule is O=C1Cc2ncc[c]c2N1. The Morgan fingerprint density at radius 3 is 3.40 bits per heavy atom. The van der Waals surface area contributed by atoms with Crippen LogP contribution in [0.15, 0.2) is 12.3 Å². The Bertz CT molecular complexity index is 256. The van der Waals surface area contributed by atoms with Crippen LogP contribution in [0.1, 0.15) is 5.69 Å². The molecule has 0 spiro atoms. The van der Waals surface area contributed by atoms with Gasteiger partial charge in [0.2, 0.25) is 5.91 Å². The monoisotopic (exact) mass is 133 g/mol. The van der Waals surface area contributed by atoms with Gasteiger partial charge in [0, 0.05) is 12.3 Å². The molecule has 1 aromatic heterocycles. The maximum atomic E-state index is 10.7. The zero-order valence-electron chi connectivity index (χ0n) is 5.22. The van der Waals surface area contributed by atoms with Gasteiger partial charge in [-0.05, 0) is 6.07 Å². The van der Waals surface area contributed by atoms with E-state index in [0.717, 1.165) is 11.4 Å². The largest absolute Gasteiger partial charge is 0.324 e. The minimum atomic E-state index is 0.00458. The fourth-order valence-corrected chi connectivity index (χ4v) is 0.974. The van der Waals surface area contributed by atoms with Crippen molar-refractivity contribution in [3.8, 4) is 0 Å². The van der Waals surface area contributed by atoms with Gasteiger partial charge in [0.15, 0.2) is 0 Å². The number of carbonyl (C=O) groups is 1. The number of amides is 1. The Balaban J connectivity index is 2.51. The van der Waals surface area contributed by atoms with Crippen molar-refractivity contribution in [1.82, 2.24) is 4.98 Å². The van der Waals surface area contributed by atoms with E-state index in [9.17, 15) is 4.79 Å². The second-order valence-electron chi connectivity index (χ2n) is 2.14.